The number of hydrogen-bond donors (Lipinski definition) is 1. The summed E-state index contributed by atoms with van der Waals surface area (Å²) in [6.07, 6.45) is 3.76. The molecule has 0 atom stereocenters. The smallest absolute Gasteiger partial charge is 0.170 e. The van der Waals surface area contributed by atoms with Crippen molar-refractivity contribution in [1.29, 1.82) is 0 Å². The molecule has 2 aliphatic rings. The largest absolute Gasteiger partial charge is 0.379 e. The van der Waals surface area contributed by atoms with Gasteiger partial charge >= 0.3 is 0 Å². The number of anilines is 2. The van der Waals surface area contributed by atoms with Gasteiger partial charge in [0.15, 0.2) is 16.8 Å². The average molecular weight is 505 g/mol. The molecule has 0 spiro atoms. The molecule has 4 aromatic rings. The molecule has 3 aromatic heterocycles. The second-order valence-corrected chi connectivity index (χ2v) is 10.8. The van der Waals surface area contributed by atoms with E-state index in [0.717, 1.165) is 99.6 Å². The zero-order valence-corrected chi connectivity index (χ0v) is 22.0. The molecule has 0 amide bonds. The highest BCUT2D eigenvalue weighted by Gasteiger charge is 2.23. The van der Waals surface area contributed by atoms with E-state index in [1.54, 1.807) is 0 Å². The summed E-state index contributed by atoms with van der Waals surface area (Å²) in [5.41, 5.74) is 5.52. The van der Waals surface area contributed by atoms with Crippen LogP contribution in [0.15, 0.2) is 36.9 Å². The zero-order chi connectivity index (χ0) is 25.4. The van der Waals surface area contributed by atoms with Crippen LogP contribution in [0.2, 0.25) is 0 Å². The molecule has 1 aromatic carbocycles. The van der Waals surface area contributed by atoms with Gasteiger partial charge in [-0.2, -0.15) is 0 Å². The van der Waals surface area contributed by atoms with Crippen LogP contribution in [-0.2, 0) is 16.0 Å². The SMILES string of the molecule is CC(C)(C)Nc1c(-c2ccc(N3CCOCC3)cc2)nc2c3ncn(CCN4CCOCC4)c3ncn12. The van der Waals surface area contributed by atoms with E-state index in [1.165, 1.54) is 5.69 Å². The number of ether oxygens (including phenoxy) is 2. The quantitative estimate of drug-likeness (QED) is 0.429. The number of hydrogen-bond acceptors (Lipinski definition) is 8. The third kappa shape index (κ3) is 5.01. The van der Waals surface area contributed by atoms with Crippen molar-refractivity contribution < 1.29 is 9.47 Å². The Morgan fingerprint density at radius 2 is 1.54 bits per heavy atom. The van der Waals surface area contributed by atoms with E-state index in [2.05, 4.69) is 64.7 Å². The standard InChI is InChI=1S/C27H36N8O2/c1-27(2,3)31-26-22(20-4-6-21(7-5-20)33-12-16-37-17-13-33)30-25-23-24(29-19-35(25)26)34(18-28-23)9-8-32-10-14-36-15-11-32/h4-7,18-19,31H,8-17H2,1-3H3. The Balaban J connectivity index is 1.35. The van der Waals surface area contributed by atoms with Crippen molar-refractivity contribution >= 4 is 28.3 Å². The Morgan fingerprint density at radius 3 is 2.24 bits per heavy atom. The lowest BCUT2D eigenvalue weighted by Crippen LogP contribution is -2.38. The van der Waals surface area contributed by atoms with Crippen LogP contribution in [0.5, 0.6) is 0 Å². The van der Waals surface area contributed by atoms with Crippen LogP contribution >= 0.6 is 0 Å². The van der Waals surface area contributed by atoms with Gasteiger partial charge in [-0.15, -0.1) is 0 Å². The monoisotopic (exact) mass is 504 g/mol. The van der Waals surface area contributed by atoms with Crippen molar-refractivity contribution in [2.75, 3.05) is 69.4 Å². The van der Waals surface area contributed by atoms with Gasteiger partial charge in [0, 0.05) is 56.1 Å². The first-order chi connectivity index (χ1) is 18.0. The summed E-state index contributed by atoms with van der Waals surface area (Å²) in [7, 11) is 0. The summed E-state index contributed by atoms with van der Waals surface area (Å²) in [5, 5.41) is 3.67. The molecule has 0 unspecified atom stereocenters. The van der Waals surface area contributed by atoms with Crippen molar-refractivity contribution in [2.45, 2.75) is 32.9 Å². The first kappa shape index (κ1) is 24.1. The molecule has 0 saturated carbocycles. The summed E-state index contributed by atoms with van der Waals surface area (Å²) < 4.78 is 15.2. The molecule has 6 rings (SSSR count). The summed E-state index contributed by atoms with van der Waals surface area (Å²) in [5.74, 6) is 0.930. The van der Waals surface area contributed by atoms with Gasteiger partial charge in [0.05, 0.1) is 32.8 Å². The number of fused-ring (bicyclic) bond motifs is 3. The van der Waals surface area contributed by atoms with Gasteiger partial charge in [-0.25, -0.2) is 15.0 Å². The number of imidazole rings is 2. The van der Waals surface area contributed by atoms with Crippen molar-refractivity contribution in [3.05, 3.63) is 36.9 Å². The second kappa shape index (κ2) is 9.92. The molecular weight excluding hydrogens is 468 g/mol. The fourth-order valence-corrected chi connectivity index (χ4v) is 5.06. The van der Waals surface area contributed by atoms with E-state index >= 15 is 0 Å². The Morgan fingerprint density at radius 1 is 0.838 bits per heavy atom. The lowest BCUT2D eigenvalue weighted by molar-refractivity contribution is 0.0365. The maximum atomic E-state index is 5.51. The van der Waals surface area contributed by atoms with Crippen molar-refractivity contribution in [3.8, 4) is 11.3 Å². The van der Waals surface area contributed by atoms with Crippen molar-refractivity contribution in [3.63, 3.8) is 0 Å². The Kier molecular flexibility index (Phi) is 6.48. The van der Waals surface area contributed by atoms with Gasteiger partial charge in [-0.1, -0.05) is 12.1 Å². The zero-order valence-electron chi connectivity index (χ0n) is 22.0. The highest BCUT2D eigenvalue weighted by molar-refractivity contribution is 5.90. The first-order valence-corrected chi connectivity index (χ1v) is 13.2. The second-order valence-electron chi connectivity index (χ2n) is 10.8. The molecule has 2 aliphatic heterocycles. The topological polar surface area (TPSA) is 85.0 Å². The summed E-state index contributed by atoms with van der Waals surface area (Å²) in [6.45, 7) is 15.2. The van der Waals surface area contributed by atoms with Gasteiger partial charge in [0.1, 0.15) is 17.8 Å². The minimum atomic E-state index is -0.148. The van der Waals surface area contributed by atoms with Crippen molar-refractivity contribution in [2.24, 2.45) is 0 Å². The molecule has 10 nitrogen and oxygen atoms in total. The van der Waals surface area contributed by atoms with E-state index in [9.17, 15) is 0 Å². The van der Waals surface area contributed by atoms with E-state index in [-0.39, 0.29) is 5.54 Å². The van der Waals surface area contributed by atoms with Gasteiger partial charge in [0.2, 0.25) is 0 Å². The fourth-order valence-electron chi connectivity index (χ4n) is 5.06. The predicted molar refractivity (Wildman–Crippen MR) is 145 cm³/mol. The number of benzene rings is 1. The minimum absolute atomic E-state index is 0.148. The molecule has 1 N–H and O–H groups in total. The number of morpholine rings is 2. The molecule has 10 heteroatoms. The molecule has 2 saturated heterocycles. The first-order valence-electron chi connectivity index (χ1n) is 13.2. The van der Waals surface area contributed by atoms with Crippen LogP contribution in [0.4, 0.5) is 11.5 Å². The molecule has 2 fully saturated rings. The number of aromatic nitrogens is 5. The van der Waals surface area contributed by atoms with Crippen LogP contribution < -0.4 is 10.2 Å². The number of nitrogens with one attached hydrogen (secondary N) is 1. The lowest BCUT2D eigenvalue weighted by atomic mass is 10.1. The Labute approximate surface area is 217 Å². The predicted octanol–water partition coefficient (Wildman–Crippen LogP) is 3.13. The summed E-state index contributed by atoms with van der Waals surface area (Å²) >= 11 is 0. The van der Waals surface area contributed by atoms with E-state index in [0.29, 0.717) is 0 Å². The van der Waals surface area contributed by atoms with Crippen LogP contribution in [0, 0.1) is 0 Å². The Bertz CT molecular complexity index is 1360. The fraction of sp³-hybridized carbons (Fsp3) is 0.519. The summed E-state index contributed by atoms with van der Waals surface area (Å²) in [6, 6.07) is 8.68. The minimum Gasteiger partial charge on any atom is -0.379 e. The highest BCUT2D eigenvalue weighted by Crippen LogP contribution is 2.33. The van der Waals surface area contributed by atoms with Gasteiger partial charge in [-0.3, -0.25) is 9.30 Å². The third-order valence-corrected chi connectivity index (χ3v) is 7.00. The van der Waals surface area contributed by atoms with Crippen LogP contribution in [-0.4, -0.2) is 93.5 Å². The molecule has 196 valence electrons. The Hall–Kier alpha value is -3.21. The van der Waals surface area contributed by atoms with Gasteiger partial charge in [0.25, 0.3) is 0 Å². The molecule has 5 heterocycles. The molecule has 0 radical (unpaired) electrons. The third-order valence-electron chi connectivity index (χ3n) is 7.00. The van der Waals surface area contributed by atoms with Gasteiger partial charge < -0.3 is 24.3 Å². The number of rotatable bonds is 6. The molecule has 37 heavy (non-hydrogen) atoms. The van der Waals surface area contributed by atoms with E-state index < -0.39 is 0 Å². The van der Waals surface area contributed by atoms with E-state index in [1.807, 2.05) is 17.1 Å². The average Bonchev–Trinajstić information content (AvgIpc) is 3.49. The van der Waals surface area contributed by atoms with Gasteiger partial charge in [-0.05, 0) is 32.9 Å². The number of nitrogens with zero attached hydrogens (tertiary/aromatic N) is 7. The van der Waals surface area contributed by atoms with Crippen LogP contribution in [0.3, 0.4) is 0 Å². The van der Waals surface area contributed by atoms with Crippen LogP contribution in [0.25, 0.3) is 28.1 Å². The molecule has 0 aliphatic carbocycles. The summed E-state index contributed by atoms with van der Waals surface area (Å²) in [4.78, 5) is 19.5. The van der Waals surface area contributed by atoms with E-state index in [4.69, 9.17) is 24.4 Å². The van der Waals surface area contributed by atoms with Crippen LogP contribution in [0.1, 0.15) is 20.8 Å². The van der Waals surface area contributed by atoms with Crippen molar-refractivity contribution in [1.82, 2.24) is 28.8 Å². The maximum Gasteiger partial charge on any atom is 0.170 e. The lowest BCUT2D eigenvalue weighted by Gasteiger charge is -2.29. The maximum absolute atomic E-state index is 5.51. The molecule has 0 bridgehead atoms. The molecular formula is C27H36N8O2. The normalized spacial score (nSPS) is 17.6. The highest BCUT2D eigenvalue weighted by atomic mass is 16.5.